The summed E-state index contributed by atoms with van der Waals surface area (Å²) in [6.45, 7) is 8.99. The number of carbonyl (C=O) groups excluding carboxylic acids is 4. The lowest BCUT2D eigenvalue weighted by Gasteiger charge is -2.44. The lowest BCUT2D eigenvalue weighted by molar-refractivity contribution is -0.279. The van der Waals surface area contributed by atoms with Gasteiger partial charge in [0.25, 0.3) is 10.1 Å². The van der Waals surface area contributed by atoms with Crippen LogP contribution in [0.1, 0.15) is 33.3 Å². The molecule has 0 radical (unpaired) electrons. The van der Waals surface area contributed by atoms with E-state index in [1.165, 1.54) is 32.9 Å². The molecule has 47 heavy (non-hydrogen) atoms. The summed E-state index contributed by atoms with van der Waals surface area (Å²) < 4.78 is 73.0. The maximum atomic E-state index is 11.9. The summed E-state index contributed by atoms with van der Waals surface area (Å²) in [5.41, 5.74) is 6.28. The molecule has 4 N–H and O–H groups in total. The van der Waals surface area contributed by atoms with E-state index in [1.807, 2.05) is 6.92 Å². The van der Waals surface area contributed by atoms with Crippen molar-refractivity contribution in [2.75, 3.05) is 59.4 Å². The monoisotopic (exact) mass is 694 g/mol. The first-order chi connectivity index (χ1) is 22.1. The number of nitrogens with two attached hydrogens (primary N) is 1. The Balaban J connectivity index is 0.000000841. The number of hydrogen-bond acceptors (Lipinski definition) is 15. The third-order valence-electron chi connectivity index (χ3n) is 5.91. The second kappa shape index (κ2) is 22.4. The molecule has 1 fully saturated rings. The van der Waals surface area contributed by atoms with Crippen LogP contribution in [0.15, 0.2) is 29.2 Å². The SMILES string of the molecule is CC(=O)NC1C(OCCOCCOCCOCCN)OC(COC(C)=O)C(OC(C)=O)C1OC(C)=O.Cc1ccc(S(=O)(=O)O)cc1. The maximum absolute atomic E-state index is 11.9. The Bertz CT molecular complexity index is 1210. The van der Waals surface area contributed by atoms with E-state index in [0.717, 1.165) is 12.5 Å². The Hall–Kier alpha value is -3.23. The summed E-state index contributed by atoms with van der Waals surface area (Å²) in [5, 5.41) is 2.62. The van der Waals surface area contributed by atoms with Gasteiger partial charge in [-0.05, 0) is 19.1 Å². The zero-order valence-electron chi connectivity index (χ0n) is 27.2. The molecule has 1 heterocycles. The minimum Gasteiger partial charge on any atom is -0.463 e. The zero-order valence-corrected chi connectivity index (χ0v) is 28.0. The molecule has 268 valence electrons. The number of carbonyl (C=O) groups is 4. The molecular formula is C29H46N2O15S. The van der Waals surface area contributed by atoms with Crippen LogP contribution in [-0.2, 0) is 67.2 Å². The van der Waals surface area contributed by atoms with Gasteiger partial charge in [0, 0.05) is 34.2 Å². The molecule has 1 amide bonds. The highest BCUT2D eigenvalue weighted by atomic mass is 32.2. The topological polar surface area (TPSA) is 235 Å². The maximum Gasteiger partial charge on any atom is 0.303 e. The number of amides is 1. The summed E-state index contributed by atoms with van der Waals surface area (Å²) in [6, 6.07) is 4.96. The molecule has 5 atom stereocenters. The predicted octanol–water partition coefficient (Wildman–Crippen LogP) is -0.0907. The van der Waals surface area contributed by atoms with Crippen molar-refractivity contribution in [3.63, 3.8) is 0 Å². The molecule has 1 saturated heterocycles. The average molecular weight is 695 g/mol. The van der Waals surface area contributed by atoms with Gasteiger partial charge < -0.3 is 48.9 Å². The van der Waals surface area contributed by atoms with Crippen molar-refractivity contribution in [1.82, 2.24) is 5.32 Å². The van der Waals surface area contributed by atoms with Crippen LogP contribution in [0.25, 0.3) is 0 Å². The Kier molecular flexibility index (Phi) is 19.9. The summed E-state index contributed by atoms with van der Waals surface area (Å²) in [4.78, 5) is 46.7. The molecule has 0 spiro atoms. The Morgan fingerprint density at radius 2 is 1.32 bits per heavy atom. The van der Waals surface area contributed by atoms with E-state index < -0.39 is 64.6 Å². The van der Waals surface area contributed by atoms with Gasteiger partial charge in [0.2, 0.25) is 5.91 Å². The lowest BCUT2D eigenvalue weighted by atomic mass is 9.96. The predicted molar refractivity (Wildman–Crippen MR) is 162 cm³/mol. The van der Waals surface area contributed by atoms with E-state index >= 15 is 0 Å². The molecule has 0 saturated carbocycles. The second-order valence-corrected chi connectivity index (χ2v) is 11.4. The third-order valence-corrected chi connectivity index (χ3v) is 6.77. The highest BCUT2D eigenvalue weighted by Crippen LogP contribution is 2.28. The van der Waals surface area contributed by atoms with Crippen molar-refractivity contribution >= 4 is 33.9 Å². The van der Waals surface area contributed by atoms with Crippen LogP contribution in [0.5, 0.6) is 0 Å². The fraction of sp³-hybridized carbons (Fsp3) is 0.655. The van der Waals surface area contributed by atoms with E-state index in [1.54, 1.807) is 12.1 Å². The standard InChI is InChI=1S/C22H38N2O12.C7H8O3S/c1-14(25)24-19-21(35-17(4)28)20(34-16(3)27)18(13-33-15(2)26)36-22(19)32-12-11-31-10-9-30-8-7-29-6-5-23;1-6-2-4-7(5-3-6)11(8,9)10/h18-22H,5-13,23H2,1-4H3,(H,24,25);2-5H,1H3,(H,8,9,10). The quantitative estimate of drug-likeness (QED) is 0.0788. The molecule has 17 nitrogen and oxygen atoms in total. The van der Waals surface area contributed by atoms with Crippen molar-refractivity contribution in [1.29, 1.82) is 0 Å². The summed E-state index contributed by atoms with van der Waals surface area (Å²) in [6.07, 6.45) is -4.52. The zero-order chi connectivity index (χ0) is 35.4. The molecule has 5 unspecified atom stereocenters. The minimum atomic E-state index is -4.02. The average Bonchev–Trinajstić information content (AvgIpc) is 2.97. The van der Waals surface area contributed by atoms with Gasteiger partial charge in [0.1, 0.15) is 18.8 Å². The molecule has 1 aliphatic rings. The van der Waals surface area contributed by atoms with Gasteiger partial charge in [-0.1, -0.05) is 17.7 Å². The number of nitrogens with one attached hydrogen (secondary N) is 1. The van der Waals surface area contributed by atoms with E-state index in [-0.39, 0.29) is 24.7 Å². The summed E-state index contributed by atoms with van der Waals surface area (Å²) >= 11 is 0. The first-order valence-electron chi connectivity index (χ1n) is 14.6. The largest absolute Gasteiger partial charge is 0.463 e. The first kappa shape index (κ1) is 41.8. The van der Waals surface area contributed by atoms with Crippen LogP contribution in [0.3, 0.4) is 0 Å². The molecule has 2 rings (SSSR count). The third kappa shape index (κ3) is 18.0. The van der Waals surface area contributed by atoms with Crippen molar-refractivity contribution in [2.24, 2.45) is 5.73 Å². The summed E-state index contributed by atoms with van der Waals surface area (Å²) in [7, 11) is -4.02. The van der Waals surface area contributed by atoms with Gasteiger partial charge >= 0.3 is 17.9 Å². The molecule has 0 bridgehead atoms. The van der Waals surface area contributed by atoms with E-state index in [0.29, 0.717) is 39.6 Å². The molecule has 0 aromatic heterocycles. The van der Waals surface area contributed by atoms with Crippen LogP contribution in [0.4, 0.5) is 0 Å². The number of aryl methyl sites for hydroxylation is 1. The Morgan fingerprint density at radius 1 is 0.809 bits per heavy atom. The fourth-order valence-electron chi connectivity index (χ4n) is 3.99. The normalized spacial score (nSPS) is 20.7. The van der Waals surface area contributed by atoms with Gasteiger partial charge in [-0.2, -0.15) is 8.42 Å². The highest BCUT2D eigenvalue weighted by Gasteiger charge is 2.51. The van der Waals surface area contributed by atoms with Crippen LogP contribution >= 0.6 is 0 Å². The van der Waals surface area contributed by atoms with Gasteiger partial charge in [0.05, 0.1) is 51.1 Å². The van der Waals surface area contributed by atoms with Gasteiger partial charge in [0.15, 0.2) is 18.5 Å². The molecule has 18 heteroatoms. The van der Waals surface area contributed by atoms with Crippen molar-refractivity contribution < 1.29 is 70.0 Å². The fourth-order valence-corrected chi connectivity index (χ4v) is 4.47. The van der Waals surface area contributed by atoms with E-state index in [2.05, 4.69) is 5.32 Å². The van der Waals surface area contributed by atoms with Crippen LogP contribution in [0, 0.1) is 6.92 Å². The lowest BCUT2D eigenvalue weighted by Crippen LogP contribution is -2.66. The van der Waals surface area contributed by atoms with Crippen molar-refractivity contribution in [2.45, 2.75) is 70.2 Å². The van der Waals surface area contributed by atoms with Crippen LogP contribution in [0.2, 0.25) is 0 Å². The molecular weight excluding hydrogens is 648 g/mol. The van der Waals surface area contributed by atoms with E-state index in [4.69, 9.17) is 48.2 Å². The highest BCUT2D eigenvalue weighted by molar-refractivity contribution is 7.85. The number of hydrogen-bond donors (Lipinski definition) is 3. The molecule has 1 aromatic rings. The molecule has 0 aliphatic carbocycles. The number of esters is 3. The Labute approximate surface area is 274 Å². The minimum absolute atomic E-state index is 0.0473. The number of ether oxygens (including phenoxy) is 8. The number of rotatable bonds is 18. The molecule has 1 aliphatic heterocycles. The van der Waals surface area contributed by atoms with Crippen LogP contribution < -0.4 is 11.1 Å². The van der Waals surface area contributed by atoms with Gasteiger partial charge in [-0.15, -0.1) is 0 Å². The molecule has 1 aromatic carbocycles. The van der Waals surface area contributed by atoms with E-state index in [9.17, 15) is 27.6 Å². The van der Waals surface area contributed by atoms with Crippen LogP contribution in [-0.4, -0.2) is 127 Å². The summed E-state index contributed by atoms with van der Waals surface area (Å²) in [5.74, 6) is -2.42. The van der Waals surface area contributed by atoms with Gasteiger partial charge in [-0.3, -0.25) is 23.7 Å². The first-order valence-corrected chi connectivity index (χ1v) is 16.1. The van der Waals surface area contributed by atoms with Crippen molar-refractivity contribution in [3.8, 4) is 0 Å². The van der Waals surface area contributed by atoms with Gasteiger partial charge in [-0.25, -0.2) is 0 Å². The second-order valence-electron chi connectivity index (χ2n) is 10.0. The smallest absolute Gasteiger partial charge is 0.303 e. The Morgan fingerprint density at radius 3 is 1.79 bits per heavy atom. The van der Waals surface area contributed by atoms with Crippen molar-refractivity contribution in [3.05, 3.63) is 29.8 Å². The number of benzene rings is 1.